The summed E-state index contributed by atoms with van der Waals surface area (Å²) in [4.78, 5) is 21.3. The van der Waals surface area contributed by atoms with E-state index in [1.807, 2.05) is 27.9 Å². The summed E-state index contributed by atoms with van der Waals surface area (Å²) in [5.41, 5.74) is 2.16. The first-order valence-corrected chi connectivity index (χ1v) is 5.09. The Morgan fingerprint density at radius 3 is 2.00 bits per heavy atom. The van der Waals surface area contributed by atoms with E-state index in [1.165, 1.54) is 0 Å². The van der Waals surface area contributed by atoms with Gasteiger partial charge in [0.1, 0.15) is 0 Å². The lowest BCUT2D eigenvalue weighted by atomic mass is 9.98. The molecule has 0 spiro atoms. The predicted molar refractivity (Wildman–Crippen MR) is 61.9 cm³/mol. The average Bonchev–Trinajstić information content (AvgIpc) is 2.15. The standard InChI is InChI=1S/C11H17N3O2/c1-6(10(15)16)9-7(2)12-11(14(4)5)13-8(9)3/h6H,1-5H3,(H,15,16). The van der Waals surface area contributed by atoms with Gasteiger partial charge in [0.25, 0.3) is 0 Å². The fourth-order valence-corrected chi connectivity index (χ4v) is 1.66. The van der Waals surface area contributed by atoms with Crippen LogP contribution >= 0.6 is 0 Å². The van der Waals surface area contributed by atoms with Crippen molar-refractivity contribution in [1.29, 1.82) is 0 Å². The molecule has 0 fully saturated rings. The molecule has 0 aliphatic rings. The first-order valence-electron chi connectivity index (χ1n) is 5.09. The SMILES string of the molecule is Cc1nc(N(C)C)nc(C)c1C(C)C(=O)O. The van der Waals surface area contributed by atoms with Crippen molar-refractivity contribution in [1.82, 2.24) is 9.97 Å². The molecule has 0 saturated carbocycles. The highest BCUT2D eigenvalue weighted by atomic mass is 16.4. The quantitative estimate of drug-likeness (QED) is 0.837. The lowest BCUT2D eigenvalue weighted by Gasteiger charge is -2.17. The Hall–Kier alpha value is -1.65. The van der Waals surface area contributed by atoms with Crippen LogP contribution in [0.5, 0.6) is 0 Å². The van der Waals surface area contributed by atoms with Gasteiger partial charge in [0.15, 0.2) is 0 Å². The third-order valence-electron chi connectivity index (χ3n) is 2.52. The Balaban J connectivity index is 3.28. The van der Waals surface area contributed by atoms with E-state index < -0.39 is 11.9 Å². The molecular formula is C11H17N3O2. The smallest absolute Gasteiger partial charge is 0.310 e. The van der Waals surface area contributed by atoms with Crippen molar-refractivity contribution in [2.24, 2.45) is 0 Å². The van der Waals surface area contributed by atoms with E-state index in [0.29, 0.717) is 11.5 Å². The fraction of sp³-hybridized carbons (Fsp3) is 0.545. The van der Waals surface area contributed by atoms with Crippen molar-refractivity contribution in [3.8, 4) is 0 Å². The minimum Gasteiger partial charge on any atom is -0.481 e. The van der Waals surface area contributed by atoms with E-state index in [1.54, 1.807) is 11.8 Å². The van der Waals surface area contributed by atoms with E-state index >= 15 is 0 Å². The monoisotopic (exact) mass is 223 g/mol. The van der Waals surface area contributed by atoms with Gasteiger partial charge in [-0.25, -0.2) is 9.97 Å². The lowest BCUT2D eigenvalue weighted by molar-refractivity contribution is -0.138. The Morgan fingerprint density at radius 2 is 1.69 bits per heavy atom. The van der Waals surface area contributed by atoms with Crippen molar-refractivity contribution < 1.29 is 9.90 Å². The van der Waals surface area contributed by atoms with E-state index in [4.69, 9.17) is 5.11 Å². The summed E-state index contributed by atoms with van der Waals surface area (Å²) in [6.07, 6.45) is 0. The molecule has 0 aliphatic carbocycles. The maximum atomic E-state index is 11.0. The number of carboxylic acids is 1. The molecule has 0 radical (unpaired) electrons. The van der Waals surface area contributed by atoms with Gasteiger partial charge in [0, 0.05) is 31.0 Å². The molecule has 88 valence electrons. The fourth-order valence-electron chi connectivity index (χ4n) is 1.66. The van der Waals surface area contributed by atoms with Crippen LogP contribution in [-0.2, 0) is 4.79 Å². The first kappa shape index (κ1) is 12.4. The molecule has 1 aromatic heterocycles. The molecule has 16 heavy (non-hydrogen) atoms. The molecule has 1 atom stereocenters. The molecule has 1 heterocycles. The third-order valence-corrected chi connectivity index (χ3v) is 2.52. The maximum absolute atomic E-state index is 11.0. The van der Waals surface area contributed by atoms with Crippen molar-refractivity contribution in [3.63, 3.8) is 0 Å². The molecule has 0 bridgehead atoms. The Labute approximate surface area is 95.1 Å². The van der Waals surface area contributed by atoms with Crippen molar-refractivity contribution in [3.05, 3.63) is 17.0 Å². The molecule has 1 rings (SSSR count). The van der Waals surface area contributed by atoms with Crippen LogP contribution in [0, 0.1) is 13.8 Å². The summed E-state index contributed by atoms with van der Waals surface area (Å²) in [5, 5.41) is 9.00. The zero-order valence-corrected chi connectivity index (χ0v) is 10.3. The largest absolute Gasteiger partial charge is 0.481 e. The number of aromatic nitrogens is 2. The van der Waals surface area contributed by atoms with Gasteiger partial charge < -0.3 is 10.0 Å². The Kier molecular flexibility index (Phi) is 3.47. The van der Waals surface area contributed by atoms with Crippen LogP contribution in [0.3, 0.4) is 0 Å². The number of aliphatic carboxylic acids is 1. The average molecular weight is 223 g/mol. The van der Waals surface area contributed by atoms with E-state index in [-0.39, 0.29) is 0 Å². The van der Waals surface area contributed by atoms with Crippen LogP contribution in [0.1, 0.15) is 29.8 Å². The minimum absolute atomic E-state index is 0.573. The van der Waals surface area contributed by atoms with Gasteiger partial charge >= 0.3 is 5.97 Å². The van der Waals surface area contributed by atoms with E-state index in [2.05, 4.69) is 9.97 Å². The molecule has 1 N–H and O–H groups in total. The third kappa shape index (κ3) is 2.29. The number of hydrogen-bond acceptors (Lipinski definition) is 4. The normalized spacial score (nSPS) is 12.3. The number of carbonyl (C=O) groups is 1. The molecule has 5 nitrogen and oxygen atoms in total. The minimum atomic E-state index is -0.854. The molecule has 0 saturated heterocycles. The number of nitrogens with zero attached hydrogens (tertiary/aromatic N) is 3. The molecule has 0 amide bonds. The molecule has 1 aromatic rings. The number of carboxylic acid groups (broad SMARTS) is 1. The second-order valence-corrected chi connectivity index (χ2v) is 4.06. The number of anilines is 1. The van der Waals surface area contributed by atoms with Gasteiger partial charge in [-0.2, -0.15) is 0 Å². The van der Waals surface area contributed by atoms with Gasteiger partial charge in [-0.05, 0) is 20.8 Å². The summed E-state index contributed by atoms with van der Waals surface area (Å²) >= 11 is 0. The number of hydrogen-bond donors (Lipinski definition) is 1. The van der Waals surface area contributed by atoms with Crippen molar-refractivity contribution in [2.45, 2.75) is 26.7 Å². The topological polar surface area (TPSA) is 66.3 Å². The molecule has 0 aromatic carbocycles. The second kappa shape index (κ2) is 4.47. The van der Waals surface area contributed by atoms with Gasteiger partial charge in [-0.1, -0.05) is 0 Å². The molecule has 0 aliphatic heterocycles. The highest BCUT2D eigenvalue weighted by Gasteiger charge is 2.20. The lowest BCUT2D eigenvalue weighted by Crippen LogP contribution is -2.18. The van der Waals surface area contributed by atoms with Crippen LogP contribution < -0.4 is 4.90 Å². The van der Waals surface area contributed by atoms with Crippen molar-refractivity contribution >= 4 is 11.9 Å². The first-order chi connectivity index (χ1) is 7.34. The molecular weight excluding hydrogens is 206 g/mol. The molecule has 1 unspecified atom stereocenters. The van der Waals surface area contributed by atoms with Gasteiger partial charge in [0.05, 0.1) is 5.92 Å². The maximum Gasteiger partial charge on any atom is 0.310 e. The number of rotatable bonds is 3. The van der Waals surface area contributed by atoms with Crippen LogP contribution in [0.25, 0.3) is 0 Å². The zero-order chi connectivity index (χ0) is 12.5. The van der Waals surface area contributed by atoms with Crippen LogP contribution in [0.2, 0.25) is 0 Å². The van der Waals surface area contributed by atoms with E-state index in [9.17, 15) is 4.79 Å². The Morgan fingerprint density at radius 1 is 1.25 bits per heavy atom. The highest BCUT2D eigenvalue weighted by molar-refractivity contribution is 5.76. The zero-order valence-electron chi connectivity index (χ0n) is 10.3. The Bertz CT molecular complexity index is 393. The summed E-state index contributed by atoms with van der Waals surface area (Å²) in [7, 11) is 3.71. The summed E-state index contributed by atoms with van der Waals surface area (Å²) in [5.74, 6) is -0.819. The summed E-state index contributed by atoms with van der Waals surface area (Å²) < 4.78 is 0. The highest BCUT2D eigenvalue weighted by Crippen LogP contribution is 2.23. The van der Waals surface area contributed by atoms with Gasteiger partial charge in [-0.3, -0.25) is 4.79 Å². The van der Waals surface area contributed by atoms with Crippen LogP contribution in [0.4, 0.5) is 5.95 Å². The molecule has 5 heteroatoms. The summed E-state index contributed by atoms with van der Waals surface area (Å²) in [6.45, 7) is 5.28. The predicted octanol–water partition coefficient (Wildman–Crippen LogP) is 1.35. The number of aryl methyl sites for hydroxylation is 2. The summed E-state index contributed by atoms with van der Waals surface area (Å²) in [6, 6.07) is 0. The van der Waals surface area contributed by atoms with E-state index in [0.717, 1.165) is 11.4 Å². The van der Waals surface area contributed by atoms with Crippen LogP contribution in [-0.4, -0.2) is 35.1 Å². The van der Waals surface area contributed by atoms with Gasteiger partial charge in [0.2, 0.25) is 5.95 Å². The van der Waals surface area contributed by atoms with Crippen LogP contribution in [0.15, 0.2) is 0 Å². The van der Waals surface area contributed by atoms with Crippen molar-refractivity contribution in [2.75, 3.05) is 19.0 Å². The second-order valence-electron chi connectivity index (χ2n) is 4.06. The van der Waals surface area contributed by atoms with Gasteiger partial charge in [-0.15, -0.1) is 0 Å².